The Morgan fingerprint density at radius 2 is 0.455 bits per heavy atom. The van der Waals surface area contributed by atoms with Crippen LogP contribution < -0.4 is 43.4 Å². The van der Waals surface area contributed by atoms with Gasteiger partial charge in [0.05, 0.1) is 14.8 Å². The molecule has 12 aromatic carbocycles. The molecule has 0 atom stereocenters. The van der Waals surface area contributed by atoms with Crippen LogP contribution in [0.15, 0.2) is 303 Å². The molecule has 112 heavy (non-hydrogen) atoms. The number of hydrogen-bond donors (Lipinski definition) is 6. The smallest absolute Gasteiger partial charge is 0.269 e. The molecule has 20 nitrogen and oxygen atoms in total. The first kappa shape index (κ1) is 83.8. The molecule has 14 N–H and O–H groups in total. The van der Waals surface area contributed by atoms with Gasteiger partial charge in [0.2, 0.25) is 0 Å². The summed E-state index contributed by atoms with van der Waals surface area (Å²) in [5.74, 6) is 0. The third-order valence-electron chi connectivity index (χ3n) is 19.3. The highest BCUT2D eigenvalue weighted by atomic mass is 16.6. The molecule has 12 rings (SSSR count). The fourth-order valence-electron chi connectivity index (χ4n) is 13.2. The number of rotatable bonds is 33. The van der Waals surface area contributed by atoms with E-state index >= 15 is 0 Å². The predicted octanol–water partition coefficient (Wildman–Crippen LogP) is 15.3. The fraction of sp³-hybridized carbons (Fsp3) is 0.217. The van der Waals surface area contributed by atoms with Gasteiger partial charge >= 0.3 is 0 Å². The highest BCUT2D eigenvalue weighted by Crippen LogP contribution is 2.25. The Hall–Kier alpha value is -12.2. The van der Waals surface area contributed by atoms with Crippen molar-refractivity contribution in [2.75, 3.05) is 47.4 Å². The van der Waals surface area contributed by atoms with Crippen LogP contribution in [0.25, 0.3) is 0 Å². The van der Waals surface area contributed by atoms with Crippen LogP contribution in [-0.2, 0) is 78.5 Å². The third kappa shape index (κ3) is 28.3. The van der Waals surface area contributed by atoms with Crippen LogP contribution in [0.1, 0.15) is 94.5 Å². The Morgan fingerprint density at radius 3 is 0.661 bits per heavy atom. The van der Waals surface area contributed by atoms with Crippen molar-refractivity contribution < 1.29 is 36.9 Å². The molecule has 0 bridgehead atoms. The molecule has 578 valence electrons. The summed E-state index contributed by atoms with van der Waals surface area (Å²) in [5.41, 5.74) is 45.4. The van der Waals surface area contributed by atoms with Crippen LogP contribution in [0.4, 0.5) is 56.9 Å². The monoisotopic (exact) mass is 1500 g/mol. The van der Waals surface area contributed by atoms with Crippen molar-refractivity contribution in [2.45, 2.75) is 106 Å². The number of nitrogen functional groups attached to an aromatic ring is 2. The van der Waals surface area contributed by atoms with Crippen molar-refractivity contribution in [3.05, 3.63) is 400 Å². The third-order valence-corrected chi connectivity index (χ3v) is 19.3. The zero-order chi connectivity index (χ0) is 79.6. The van der Waals surface area contributed by atoms with E-state index in [2.05, 4.69) is 265 Å². The molecule has 0 amide bonds. The standard InChI is InChI=1S/C29H39N3.C21H18N4O6.C21H24N4.C21H23N3/c1-5-31(6-2)28-18-14-26(15-19-28)23-30(22-25-12-10-9-11-13-25)24-27-16-20-29(21-17-27)32(7-3)8-4;26-23(27)19-7-1-16(2-8-19)13-22(14-17-3-9-20(10-4-17)24(28)29)15-18-5-11-21(12-6-18)25(30)31;22-19-7-1-16(2-8-19)13-25(14-17-3-9-20(23)10-4-17)15-18-5-11-21(24)12-6-18;22-20-10-6-18(7-11-20)15-24(14-17-4-2-1-3-5-17)16-19-8-12-21(23)13-9-19/h9-21H,5-8,22-24H2,1-4H3;1-12H,13-15H2;1-12H,13-15,22-24H2;1-13H,14-16,22-23H2/p+4. The van der Waals surface area contributed by atoms with E-state index < -0.39 is 14.8 Å². The molecule has 0 spiro atoms. The van der Waals surface area contributed by atoms with Gasteiger partial charge in [-0.05, 0) is 199 Å². The molecule has 0 saturated heterocycles. The molecule has 12 aromatic rings. The second-order valence-corrected chi connectivity index (χ2v) is 28.1. The van der Waals surface area contributed by atoms with Gasteiger partial charge in [0, 0.05) is 161 Å². The highest BCUT2D eigenvalue weighted by Gasteiger charge is 2.18. The van der Waals surface area contributed by atoms with Gasteiger partial charge in [0.15, 0.2) is 0 Å². The lowest BCUT2D eigenvalue weighted by Crippen LogP contribution is -3.08. The number of benzene rings is 12. The molecule has 0 aliphatic carbocycles. The molecule has 0 unspecified atom stereocenters. The molecule has 20 heteroatoms. The number of hydrogen-bond acceptors (Lipinski definition) is 13. The minimum Gasteiger partial charge on any atom is -0.399 e. The van der Waals surface area contributed by atoms with Gasteiger partial charge in [-0.1, -0.05) is 146 Å². The molecule has 0 aliphatic heterocycles. The maximum atomic E-state index is 10.9. The van der Waals surface area contributed by atoms with Crippen molar-refractivity contribution in [3.63, 3.8) is 0 Å². The van der Waals surface area contributed by atoms with E-state index in [1.54, 1.807) is 36.4 Å². The largest absolute Gasteiger partial charge is 0.399 e. The van der Waals surface area contributed by atoms with E-state index in [4.69, 9.17) is 11.5 Å². The lowest BCUT2D eigenvalue weighted by molar-refractivity contribution is -0.941. The Kier molecular flexibility index (Phi) is 32.8. The molecule has 0 radical (unpaired) electrons. The first-order chi connectivity index (χ1) is 54.2. The van der Waals surface area contributed by atoms with Gasteiger partial charge in [0.1, 0.15) is 36.7 Å². The summed E-state index contributed by atoms with van der Waals surface area (Å²) in [4.78, 5) is 44.5. The van der Waals surface area contributed by atoms with Crippen molar-refractivity contribution in [3.8, 4) is 0 Å². The molecule has 0 saturated carbocycles. The maximum absolute atomic E-state index is 10.9. The number of non-ortho nitro benzene ring substituents is 3. The second kappa shape index (κ2) is 43.8. The number of nitrogens with zero attached hydrogens (tertiary/aromatic N) is 8. The van der Waals surface area contributed by atoms with Gasteiger partial charge in [-0.2, -0.15) is 0 Å². The summed E-state index contributed by atoms with van der Waals surface area (Å²) in [7, 11) is 0. The first-order valence-corrected chi connectivity index (χ1v) is 38.1. The van der Waals surface area contributed by atoms with Crippen molar-refractivity contribution in [1.29, 1.82) is 0 Å². The zero-order valence-electron chi connectivity index (χ0n) is 65.0. The van der Waals surface area contributed by atoms with Crippen molar-refractivity contribution >= 4 is 56.9 Å². The van der Waals surface area contributed by atoms with Gasteiger partial charge in [-0.25, -0.2) is 0 Å². The maximum Gasteiger partial charge on any atom is 0.269 e. The zero-order valence-corrected chi connectivity index (χ0v) is 65.0. The van der Waals surface area contributed by atoms with Gasteiger partial charge in [-0.15, -0.1) is 0 Å². The topological polar surface area (TPSA) is 285 Å². The minimum atomic E-state index is -0.463. The summed E-state index contributed by atoms with van der Waals surface area (Å²) in [6, 6.07) is 100. The fourth-order valence-corrected chi connectivity index (χ4v) is 13.2. The van der Waals surface area contributed by atoms with E-state index in [0.29, 0.717) is 19.6 Å². The highest BCUT2D eigenvalue weighted by molar-refractivity contribution is 5.49. The summed E-state index contributed by atoms with van der Waals surface area (Å²) in [6.45, 7) is 22.8. The summed E-state index contributed by atoms with van der Waals surface area (Å²) < 4.78 is 0. The predicted molar refractivity (Wildman–Crippen MR) is 452 cm³/mol. The van der Waals surface area contributed by atoms with Gasteiger partial charge in [-0.3, -0.25) is 45.0 Å². The van der Waals surface area contributed by atoms with Crippen LogP contribution in [0, 0.1) is 30.3 Å². The number of nitrogens with one attached hydrogen (secondary N) is 1. The van der Waals surface area contributed by atoms with Gasteiger partial charge in [0.25, 0.3) is 17.1 Å². The van der Waals surface area contributed by atoms with E-state index in [0.717, 1.165) is 130 Å². The van der Waals surface area contributed by atoms with Crippen LogP contribution in [-0.4, -0.2) is 55.6 Å². The van der Waals surface area contributed by atoms with Gasteiger partial charge < -0.3 is 43.4 Å². The molecule has 0 aliphatic rings. The first-order valence-electron chi connectivity index (χ1n) is 38.1. The van der Waals surface area contributed by atoms with Crippen LogP contribution in [0.2, 0.25) is 0 Å². The SMILES string of the molecule is CCN(CC)c1ccc(CN(Cc2ccccc2)Cc2ccc(N(CC)CC)cc2)cc1.Nc1ccc(CN(Cc2ccccc2)Cc2ccc(N)cc2)cc1.O=[N+]([O-])c1ccc(CN(Cc2ccc([N+](=O)[O-])cc2)Cc2ccc([N+](=O)[O-])cc2)cc1.[NH3+]c1ccc(C[NH+](Cc2ccc([NH3+])cc2)Cc2ccc([NH3+])cc2)cc1. The van der Waals surface area contributed by atoms with Crippen molar-refractivity contribution in [1.82, 2.24) is 14.7 Å². The minimum absolute atomic E-state index is 0.000961. The Labute approximate surface area is 659 Å². The number of anilines is 4. The summed E-state index contributed by atoms with van der Waals surface area (Å²) in [6.07, 6.45) is 0. The number of quaternary nitrogens is 4. The normalized spacial score (nSPS) is 10.9. The average Bonchev–Trinajstić information content (AvgIpc) is 0.855. The van der Waals surface area contributed by atoms with E-state index in [-0.39, 0.29) is 17.1 Å². The van der Waals surface area contributed by atoms with E-state index in [9.17, 15) is 30.3 Å². The Morgan fingerprint density at radius 1 is 0.268 bits per heavy atom. The Bertz CT molecular complexity index is 4400. The second-order valence-electron chi connectivity index (χ2n) is 28.1. The molecule has 0 aromatic heterocycles. The van der Waals surface area contributed by atoms with Crippen LogP contribution in [0.3, 0.4) is 0 Å². The van der Waals surface area contributed by atoms with E-state index in [1.807, 2.05) is 35.2 Å². The summed E-state index contributed by atoms with van der Waals surface area (Å²) >= 11 is 0. The molecular weight excluding hydrogens is 1400 g/mol. The number of nitro benzene ring substituents is 3. The van der Waals surface area contributed by atoms with Crippen molar-refractivity contribution in [2.24, 2.45) is 0 Å². The quantitative estimate of drug-likeness (QED) is 0.0127. The van der Waals surface area contributed by atoms with E-state index in [1.165, 1.54) is 103 Å². The average molecular weight is 1510 g/mol. The molecule has 0 fully saturated rings. The summed E-state index contributed by atoms with van der Waals surface area (Å²) in [5, 5.41) is 32.6. The lowest BCUT2D eigenvalue weighted by Gasteiger charge is -2.25. The van der Waals surface area contributed by atoms with Crippen LogP contribution in [0.5, 0.6) is 0 Å². The number of nitrogens with two attached hydrogens (primary N) is 2. The molecule has 0 heterocycles. The lowest BCUT2D eigenvalue weighted by atomic mass is 10.1. The number of nitro groups is 3. The van der Waals surface area contributed by atoms with Crippen LogP contribution >= 0.6 is 0 Å². The molecular formula is C92H108N14O6+4. The Balaban J connectivity index is 0.000000173.